The molecular formula is C16H32IN5OS. The number of thiazole rings is 1. The first-order valence-electron chi connectivity index (χ1n) is 7.94. The highest BCUT2D eigenvalue weighted by atomic mass is 127. The van der Waals surface area contributed by atoms with Crippen molar-refractivity contribution in [3.63, 3.8) is 0 Å². The van der Waals surface area contributed by atoms with E-state index in [0.29, 0.717) is 13.1 Å². The van der Waals surface area contributed by atoms with Crippen molar-refractivity contribution in [2.45, 2.75) is 40.3 Å². The number of nitrogens with zero attached hydrogens (tertiary/aromatic N) is 3. The van der Waals surface area contributed by atoms with E-state index in [9.17, 15) is 0 Å². The molecule has 0 fully saturated rings. The van der Waals surface area contributed by atoms with Crippen molar-refractivity contribution in [1.82, 2.24) is 15.6 Å². The van der Waals surface area contributed by atoms with Gasteiger partial charge in [0.25, 0.3) is 0 Å². The molecule has 0 aliphatic carbocycles. The first kappa shape index (κ1) is 23.4. The molecule has 1 rings (SSSR count). The van der Waals surface area contributed by atoms with E-state index in [0.717, 1.165) is 23.3 Å². The lowest BCUT2D eigenvalue weighted by molar-refractivity contribution is 0.0205. The molecule has 1 unspecified atom stereocenters. The van der Waals surface area contributed by atoms with Crippen LogP contribution >= 0.6 is 35.3 Å². The SMILES string of the molecule is CCNC(=NCc1csc(N(C)C)n1)NCC(OC)C(C)(C)C.I. The Kier molecular flexibility index (Phi) is 10.8. The summed E-state index contributed by atoms with van der Waals surface area (Å²) in [4.78, 5) is 11.2. The number of aliphatic imine (C=N–C) groups is 1. The van der Waals surface area contributed by atoms with Gasteiger partial charge in [0.15, 0.2) is 11.1 Å². The number of methoxy groups -OCH3 is 1. The highest BCUT2D eigenvalue weighted by molar-refractivity contribution is 14.0. The van der Waals surface area contributed by atoms with Gasteiger partial charge in [-0.1, -0.05) is 20.8 Å². The van der Waals surface area contributed by atoms with E-state index in [1.165, 1.54) is 0 Å². The summed E-state index contributed by atoms with van der Waals surface area (Å²) in [6.07, 6.45) is 0.117. The molecule has 0 bridgehead atoms. The lowest BCUT2D eigenvalue weighted by Crippen LogP contribution is -2.45. The number of aromatic nitrogens is 1. The Bertz CT molecular complexity index is 499. The maximum Gasteiger partial charge on any atom is 0.191 e. The number of nitrogens with one attached hydrogen (secondary N) is 2. The second kappa shape index (κ2) is 11.1. The van der Waals surface area contributed by atoms with Gasteiger partial charge in [0.2, 0.25) is 0 Å². The highest BCUT2D eigenvalue weighted by Gasteiger charge is 2.24. The first-order chi connectivity index (χ1) is 10.8. The molecule has 0 spiro atoms. The fraction of sp³-hybridized carbons (Fsp3) is 0.750. The zero-order valence-electron chi connectivity index (χ0n) is 15.8. The minimum Gasteiger partial charge on any atom is -0.379 e. The van der Waals surface area contributed by atoms with Gasteiger partial charge in [0, 0.05) is 39.7 Å². The number of guanidine groups is 1. The van der Waals surface area contributed by atoms with Crippen LogP contribution in [-0.4, -0.2) is 51.3 Å². The third-order valence-electron chi connectivity index (χ3n) is 3.37. The zero-order chi connectivity index (χ0) is 17.5. The largest absolute Gasteiger partial charge is 0.379 e. The van der Waals surface area contributed by atoms with Gasteiger partial charge in [-0.2, -0.15) is 0 Å². The molecule has 1 atom stereocenters. The molecule has 0 aliphatic heterocycles. The average molecular weight is 469 g/mol. The van der Waals surface area contributed by atoms with E-state index in [2.05, 4.69) is 53.7 Å². The molecule has 140 valence electrons. The smallest absolute Gasteiger partial charge is 0.191 e. The quantitative estimate of drug-likeness (QED) is 0.365. The number of halogens is 1. The monoisotopic (exact) mass is 469 g/mol. The van der Waals surface area contributed by atoms with Crippen LogP contribution in [0.15, 0.2) is 10.4 Å². The van der Waals surface area contributed by atoms with E-state index in [-0.39, 0.29) is 35.5 Å². The van der Waals surface area contributed by atoms with Crippen molar-refractivity contribution in [1.29, 1.82) is 0 Å². The van der Waals surface area contributed by atoms with Gasteiger partial charge in [-0.05, 0) is 12.3 Å². The number of ether oxygens (including phenoxy) is 1. The van der Waals surface area contributed by atoms with Crippen LogP contribution in [0.4, 0.5) is 5.13 Å². The molecule has 0 radical (unpaired) electrons. The maximum absolute atomic E-state index is 5.57. The van der Waals surface area contributed by atoms with Crippen LogP contribution < -0.4 is 15.5 Å². The fourth-order valence-corrected chi connectivity index (χ4v) is 2.76. The molecule has 0 aliphatic rings. The van der Waals surface area contributed by atoms with Crippen LogP contribution in [0.25, 0.3) is 0 Å². The maximum atomic E-state index is 5.57. The number of anilines is 1. The van der Waals surface area contributed by atoms with E-state index < -0.39 is 0 Å². The molecule has 1 aromatic heterocycles. The predicted octanol–water partition coefficient (Wildman–Crippen LogP) is 2.94. The number of rotatable bonds is 7. The lowest BCUT2D eigenvalue weighted by atomic mass is 9.89. The number of hydrogen-bond acceptors (Lipinski definition) is 5. The van der Waals surface area contributed by atoms with Crippen LogP contribution in [0.3, 0.4) is 0 Å². The van der Waals surface area contributed by atoms with Gasteiger partial charge in [-0.3, -0.25) is 0 Å². The summed E-state index contributed by atoms with van der Waals surface area (Å²) >= 11 is 1.63. The molecule has 24 heavy (non-hydrogen) atoms. The van der Waals surface area contributed by atoms with Gasteiger partial charge in [0.05, 0.1) is 18.3 Å². The molecule has 8 heteroatoms. The molecule has 1 heterocycles. The third kappa shape index (κ3) is 7.98. The van der Waals surface area contributed by atoms with Crippen LogP contribution in [0.1, 0.15) is 33.4 Å². The van der Waals surface area contributed by atoms with Crippen LogP contribution in [0.5, 0.6) is 0 Å². The van der Waals surface area contributed by atoms with Gasteiger partial charge in [0.1, 0.15) is 0 Å². The molecule has 1 aromatic rings. The van der Waals surface area contributed by atoms with Crippen molar-refractivity contribution in [2.75, 3.05) is 39.2 Å². The summed E-state index contributed by atoms with van der Waals surface area (Å²) in [6, 6.07) is 0. The Morgan fingerprint density at radius 2 is 2.04 bits per heavy atom. The third-order valence-corrected chi connectivity index (χ3v) is 4.43. The topological polar surface area (TPSA) is 61.8 Å². The van der Waals surface area contributed by atoms with Gasteiger partial charge in [-0.25, -0.2) is 9.98 Å². The number of hydrogen-bond donors (Lipinski definition) is 2. The predicted molar refractivity (Wildman–Crippen MR) is 115 cm³/mol. The second-order valence-electron chi connectivity index (χ2n) is 6.68. The molecule has 0 saturated heterocycles. The van der Waals surface area contributed by atoms with Gasteiger partial charge < -0.3 is 20.3 Å². The summed E-state index contributed by atoms with van der Waals surface area (Å²) in [5, 5.41) is 9.67. The van der Waals surface area contributed by atoms with E-state index >= 15 is 0 Å². The Hall–Kier alpha value is -0.610. The standard InChI is InChI=1S/C16H31N5OS.HI/c1-8-17-14(19-10-13(22-7)16(2,3)4)18-9-12-11-23-15(20-12)21(5)6;/h11,13H,8-10H2,1-7H3,(H2,17,18,19);1H. The minimum absolute atomic E-state index is 0. The summed E-state index contributed by atoms with van der Waals surface area (Å²) in [5.41, 5.74) is 1.06. The minimum atomic E-state index is 0. The Labute approximate surface area is 167 Å². The van der Waals surface area contributed by atoms with Gasteiger partial charge >= 0.3 is 0 Å². The second-order valence-corrected chi connectivity index (χ2v) is 7.52. The molecule has 0 amide bonds. The lowest BCUT2D eigenvalue weighted by Gasteiger charge is -2.30. The summed E-state index contributed by atoms with van der Waals surface area (Å²) in [6.45, 7) is 10.7. The van der Waals surface area contributed by atoms with E-state index in [4.69, 9.17) is 4.74 Å². The summed E-state index contributed by atoms with van der Waals surface area (Å²) < 4.78 is 5.57. The summed E-state index contributed by atoms with van der Waals surface area (Å²) in [7, 11) is 5.74. The van der Waals surface area contributed by atoms with Crippen LogP contribution in [0, 0.1) is 5.41 Å². The Balaban J connectivity index is 0.00000529. The Morgan fingerprint density at radius 1 is 1.38 bits per heavy atom. The first-order valence-corrected chi connectivity index (χ1v) is 8.82. The molecule has 0 aromatic carbocycles. The normalized spacial score (nSPS) is 13.2. The van der Waals surface area contributed by atoms with Crippen molar-refractivity contribution in [3.8, 4) is 0 Å². The summed E-state index contributed by atoms with van der Waals surface area (Å²) in [5.74, 6) is 0.790. The highest BCUT2D eigenvalue weighted by Crippen LogP contribution is 2.21. The molecular weight excluding hydrogens is 437 g/mol. The van der Waals surface area contributed by atoms with E-state index in [1.54, 1.807) is 18.4 Å². The van der Waals surface area contributed by atoms with Crippen molar-refractivity contribution < 1.29 is 4.74 Å². The zero-order valence-corrected chi connectivity index (χ0v) is 19.0. The van der Waals surface area contributed by atoms with Crippen LogP contribution in [-0.2, 0) is 11.3 Å². The Morgan fingerprint density at radius 3 is 2.50 bits per heavy atom. The van der Waals surface area contributed by atoms with Crippen LogP contribution in [0.2, 0.25) is 0 Å². The average Bonchev–Trinajstić information content (AvgIpc) is 2.93. The molecule has 6 nitrogen and oxygen atoms in total. The van der Waals surface area contributed by atoms with Crippen molar-refractivity contribution in [2.24, 2.45) is 10.4 Å². The van der Waals surface area contributed by atoms with Gasteiger partial charge in [-0.15, -0.1) is 35.3 Å². The molecule has 2 N–H and O–H groups in total. The fourth-order valence-electron chi connectivity index (χ4n) is 2.01. The van der Waals surface area contributed by atoms with Crippen molar-refractivity contribution in [3.05, 3.63) is 11.1 Å². The molecule has 0 saturated carbocycles. The van der Waals surface area contributed by atoms with E-state index in [1.807, 2.05) is 19.0 Å². The van der Waals surface area contributed by atoms with Crippen molar-refractivity contribution >= 4 is 46.4 Å².